The Morgan fingerprint density at radius 1 is 0.679 bits per heavy atom. The van der Waals surface area contributed by atoms with E-state index in [-0.39, 0.29) is 37.6 Å². The molecule has 0 heterocycles. The first-order chi connectivity index (χ1) is 13.3. The highest BCUT2D eigenvalue weighted by Gasteiger charge is 2.04. The molecule has 0 unspecified atom stereocenters. The lowest BCUT2D eigenvalue weighted by Gasteiger charge is -2.07. The van der Waals surface area contributed by atoms with E-state index in [9.17, 15) is 9.59 Å². The van der Waals surface area contributed by atoms with Gasteiger partial charge in [-0.1, -0.05) is 24.3 Å². The fraction of sp³-hybridized carbons (Fsp3) is 0.300. The summed E-state index contributed by atoms with van der Waals surface area (Å²) in [6.07, 6.45) is 0.880. The molecule has 8 heteroatoms. The van der Waals surface area contributed by atoms with Crippen molar-refractivity contribution in [3.63, 3.8) is 0 Å². The van der Waals surface area contributed by atoms with E-state index >= 15 is 0 Å². The summed E-state index contributed by atoms with van der Waals surface area (Å²) >= 11 is 0. The number of aliphatic hydroxyl groups excluding tert-OH is 2. The molecular formula is C20H24O8. The number of rotatable bonds is 8. The van der Waals surface area contributed by atoms with Crippen LogP contribution in [0.1, 0.15) is 35.1 Å². The topological polar surface area (TPSA) is 156 Å². The molecule has 28 heavy (non-hydrogen) atoms. The van der Waals surface area contributed by atoms with E-state index in [2.05, 4.69) is 0 Å². The smallest absolute Gasteiger partial charge is 0.303 e. The third kappa shape index (κ3) is 8.07. The molecule has 152 valence electrons. The Balaban J connectivity index is 0.000000283. The number of hydrogen-bond donors (Lipinski definition) is 6. The normalized spacial score (nSPS) is 10.1. The van der Waals surface area contributed by atoms with Gasteiger partial charge in [-0.25, -0.2) is 0 Å². The number of carboxylic acid groups (broad SMARTS) is 2. The highest BCUT2D eigenvalue weighted by atomic mass is 16.4. The average Bonchev–Trinajstić information content (AvgIpc) is 2.67. The molecule has 2 rings (SSSR count). The van der Waals surface area contributed by atoms with Crippen LogP contribution in [0.2, 0.25) is 0 Å². The average molecular weight is 392 g/mol. The molecule has 0 radical (unpaired) electrons. The monoisotopic (exact) mass is 392 g/mol. The maximum Gasteiger partial charge on any atom is 0.303 e. The Labute approximate surface area is 162 Å². The van der Waals surface area contributed by atoms with E-state index in [4.69, 9.17) is 30.6 Å². The highest BCUT2D eigenvalue weighted by molar-refractivity contribution is 5.67. The van der Waals surface area contributed by atoms with E-state index in [1.165, 1.54) is 12.1 Å². The van der Waals surface area contributed by atoms with Gasteiger partial charge in [0.2, 0.25) is 0 Å². The van der Waals surface area contributed by atoms with Crippen LogP contribution < -0.4 is 0 Å². The second-order valence-electron chi connectivity index (χ2n) is 6.03. The van der Waals surface area contributed by atoms with Crippen LogP contribution >= 0.6 is 0 Å². The summed E-state index contributed by atoms with van der Waals surface area (Å²) in [7, 11) is 0. The van der Waals surface area contributed by atoms with Crippen molar-refractivity contribution in [3.05, 3.63) is 58.7 Å². The fourth-order valence-electron chi connectivity index (χ4n) is 2.36. The van der Waals surface area contributed by atoms with Crippen LogP contribution in [0.25, 0.3) is 0 Å². The Morgan fingerprint density at radius 3 is 1.64 bits per heavy atom. The lowest BCUT2D eigenvalue weighted by Crippen LogP contribution is -2.00. The van der Waals surface area contributed by atoms with Crippen LogP contribution in [0, 0.1) is 0 Å². The second-order valence-corrected chi connectivity index (χ2v) is 6.03. The summed E-state index contributed by atoms with van der Waals surface area (Å²) in [6, 6.07) is 9.49. The molecule has 0 aliphatic heterocycles. The van der Waals surface area contributed by atoms with Crippen molar-refractivity contribution in [2.45, 2.75) is 38.9 Å². The number of aryl methyl sites for hydroxylation is 2. The summed E-state index contributed by atoms with van der Waals surface area (Å²) in [5.41, 5.74) is 2.88. The van der Waals surface area contributed by atoms with Crippen molar-refractivity contribution < 1.29 is 40.2 Å². The molecule has 6 N–H and O–H groups in total. The molecule has 8 nitrogen and oxygen atoms in total. The largest absolute Gasteiger partial charge is 0.504 e. The predicted molar refractivity (Wildman–Crippen MR) is 100.0 cm³/mol. The van der Waals surface area contributed by atoms with Crippen LogP contribution in [0.15, 0.2) is 36.4 Å². The first kappa shape index (κ1) is 22.9. The highest BCUT2D eigenvalue weighted by Crippen LogP contribution is 2.25. The Morgan fingerprint density at radius 2 is 1.18 bits per heavy atom. The molecule has 0 bridgehead atoms. The quantitative estimate of drug-likeness (QED) is 0.372. The Hall–Kier alpha value is -3.10. The van der Waals surface area contributed by atoms with Gasteiger partial charge in [0.15, 0.2) is 11.5 Å². The number of aliphatic hydroxyl groups is 2. The van der Waals surface area contributed by atoms with Gasteiger partial charge in [0.1, 0.15) is 0 Å². The van der Waals surface area contributed by atoms with Gasteiger partial charge in [0.05, 0.1) is 13.2 Å². The fourth-order valence-corrected chi connectivity index (χ4v) is 2.36. The van der Waals surface area contributed by atoms with Crippen LogP contribution in [-0.2, 0) is 35.6 Å². The van der Waals surface area contributed by atoms with Crippen LogP contribution in [-0.4, -0.2) is 42.6 Å². The molecule has 0 aliphatic carbocycles. The zero-order chi connectivity index (χ0) is 21.1. The van der Waals surface area contributed by atoms with Gasteiger partial charge < -0.3 is 30.6 Å². The van der Waals surface area contributed by atoms with Gasteiger partial charge in [0.25, 0.3) is 0 Å². The van der Waals surface area contributed by atoms with E-state index in [0.29, 0.717) is 29.5 Å². The van der Waals surface area contributed by atoms with E-state index in [0.717, 1.165) is 5.56 Å². The first-order valence-electron chi connectivity index (χ1n) is 8.53. The molecule has 0 spiro atoms. The zero-order valence-corrected chi connectivity index (χ0v) is 15.2. The standard InChI is InChI=1S/C11H14O4.C9H10O4/c12-6-9-3-1-8(2-4-11(14)15)5-10(9)7-13;10-7-3-1-6(5-8(7)11)2-4-9(12)13/h1,3,5,12-13H,2,4,6-7H2,(H,14,15);1,3,5,10-11H,2,4H2,(H,12,13). The summed E-state index contributed by atoms with van der Waals surface area (Å²) in [4.78, 5) is 20.6. The molecule has 0 amide bonds. The maximum atomic E-state index is 10.4. The number of aliphatic carboxylic acids is 2. The van der Waals surface area contributed by atoms with E-state index < -0.39 is 11.9 Å². The molecule has 2 aromatic carbocycles. The molecule has 0 saturated carbocycles. The zero-order valence-electron chi connectivity index (χ0n) is 15.2. The molecule has 0 aromatic heterocycles. The van der Waals surface area contributed by atoms with Crippen molar-refractivity contribution in [1.82, 2.24) is 0 Å². The third-order valence-electron chi connectivity index (χ3n) is 3.91. The third-order valence-corrected chi connectivity index (χ3v) is 3.91. The number of hydrogen-bond acceptors (Lipinski definition) is 6. The van der Waals surface area contributed by atoms with Gasteiger partial charge in [-0.3, -0.25) is 9.59 Å². The second kappa shape index (κ2) is 11.6. The first-order valence-corrected chi connectivity index (χ1v) is 8.53. The maximum absolute atomic E-state index is 10.4. The SMILES string of the molecule is O=C(O)CCc1ccc(CO)c(CO)c1.O=C(O)CCc1ccc(O)c(O)c1. The summed E-state index contributed by atoms with van der Waals surface area (Å²) < 4.78 is 0. The summed E-state index contributed by atoms with van der Waals surface area (Å²) in [5.74, 6) is -2.14. The minimum Gasteiger partial charge on any atom is -0.504 e. The van der Waals surface area contributed by atoms with Crippen molar-refractivity contribution in [1.29, 1.82) is 0 Å². The van der Waals surface area contributed by atoms with Gasteiger partial charge in [-0.15, -0.1) is 0 Å². The van der Waals surface area contributed by atoms with Gasteiger partial charge >= 0.3 is 11.9 Å². The van der Waals surface area contributed by atoms with Crippen molar-refractivity contribution >= 4 is 11.9 Å². The number of phenolic OH excluding ortho intramolecular Hbond substituents is 2. The minimum atomic E-state index is -0.882. The summed E-state index contributed by atoms with van der Waals surface area (Å²) in [6.45, 7) is -0.258. The molecule has 0 aliphatic rings. The van der Waals surface area contributed by atoms with Crippen LogP contribution in [0.4, 0.5) is 0 Å². The number of aromatic hydroxyl groups is 2. The number of carbonyl (C=O) groups is 2. The minimum absolute atomic E-state index is 0.0181. The van der Waals surface area contributed by atoms with Crippen molar-refractivity contribution in [2.75, 3.05) is 0 Å². The van der Waals surface area contributed by atoms with E-state index in [1.807, 2.05) is 0 Å². The van der Waals surface area contributed by atoms with E-state index in [1.54, 1.807) is 24.3 Å². The predicted octanol–water partition coefficient (Wildman–Crippen LogP) is 1.80. The Bertz CT molecular complexity index is 801. The number of phenols is 2. The summed E-state index contributed by atoms with van der Waals surface area (Å²) in [5, 5.41) is 52.9. The van der Waals surface area contributed by atoms with Gasteiger partial charge in [-0.2, -0.15) is 0 Å². The van der Waals surface area contributed by atoms with Gasteiger partial charge in [-0.05, 0) is 47.2 Å². The lowest BCUT2D eigenvalue weighted by molar-refractivity contribution is -0.138. The van der Waals surface area contributed by atoms with Crippen LogP contribution in [0.5, 0.6) is 11.5 Å². The van der Waals surface area contributed by atoms with Crippen LogP contribution in [0.3, 0.4) is 0 Å². The number of carboxylic acids is 2. The Kier molecular flexibility index (Phi) is 9.49. The van der Waals surface area contributed by atoms with Gasteiger partial charge in [0, 0.05) is 12.8 Å². The molecule has 0 atom stereocenters. The van der Waals surface area contributed by atoms with Crippen molar-refractivity contribution in [3.8, 4) is 11.5 Å². The molecule has 0 fully saturated rings. The molecule has 2 aromatic rings. The molecular weight excluding hydrogens is 368 g/mol. The van der Waals surface area contributed by atoms with Crippen molar-refractivity contribution in [2.24, 2.45) is 0 Å². The molecule has 0 saturated heterocycles. The lowest BCUT2D eigenvalue weighted by atomic mass is 10.0. The number of benzene rings is 2.